The predicted octanol–water partition coefficient (Wildman–Crippen LogP) is 3.29. The Labute approximate surface area is 118 Å². The Morgan fingerprint density at radius 3 is 2.63 bits per heavy atom. The Bertz CT molecular complexity index is 327. The van der Waals surface area contributed by atoms with Gasteiger partial charge < -0.3 is 4.90 Å². The summed E-state index contributed by atoms with van der Waals surface area (Å²) in [5.41, 5.74) is 0.282. The molecule has 0 aromatic carbocycles. The molecule has 19 heavy (non-hydrogen) atoms. The molecule has 1 heterocycles. The highest BCUT2D eigenvalue weighted by Crippen LogP contribution is 2.42. The van der Waals surface area contributed by atoms with Crippen molar-refractivity contribution in [1.29, 1.82) is 0 Å². The second-order valence-corrected chi connectivity index (χ2v) is 6.93. The summed E-state index contributed by atoms with van der Waals surface area (Å²) in [6, 6.07) is 0.505. The lowest BCUT2D eigenvalue weighted by Crippen LogP contribution is -2.48. The number of carbonyl (C=O) groups is 1. The summed E-state index contributed by atoms with van der Waals surface area (Å²) in [6.07, 6.45) is 8.26. The van der Waals surface area contributed by atoms with Gasteiger partial charge in [-0.15, -0.1) is 0 Å². The normalized spacial score (nSPS) is 34.2. The Balaban J connectivity index is 2.11. The van der Waals surface area contributed by atoms with E-state index in [0.717, 1.165) is 25.7 Å². The molecule has 3 atom stereocenters. The molecule has 2 rings (SSSR count). The van der Waals surface area contributed by atoms with Gasteiger partial charge in [-0.05, 0) is 31.1 Å². The molecule has 1 aliphatic heterocycles. The van der Waals surface area contributed by atoms with Gasteiger partial charge in [0.2, 0.25) is 5.91 Å². The van der Waals surface area contributed by atoms with Crippen LogP contribution < -0.4 is 5.32 Å². The van der Waals surface area contributed by atoms with Crippen LogP contribution in [0.3, 0.4) is 0 Å². The lowest BCUT2D eigenvalue weighted by atomic mass is 9.86. The van der Waals surface area contributed by atoms with E-state index in [0.29, 0.717) is 11.9 Å². The van der Waals surface area contributed by atoms with Crippen molar-refractivity contribution in [1.82, 2.24) is 10.2 Å². The summed E-state index contributed by atoms with van der Waals surface area (Å²) < 4.78 is 0. The van der Waals surface area contributed by atoms with Crippen molar-refractivity contribution in [3.63, 3.8) is 0 Å². The summed E-state index contributed by atoms with van der Waals surface area (Å²) in [4.78, 5) is 14.9. The zero-order chi connectivity index (χ0) is 14.0. The molecule has 2 fully saturated rings. The summed E-state index contributed by atoms with van der Waals surface area (Å²) in [6.45, 7) is 9.02. The molecule has 1 saturated heterocycles. The van der Waals surface area contributed by atoms with Gasteiger partial charge in [0.15, 0.2) is 0 Å². The van der Waals surface area contributed by atoms with Crippen LogP contribution in [-0.2, 0) is 4.79 Å². The second kappa shape index (κ2) is 5.82. The highest BCUT2D eigenvalue weighted by Gasteiger charge is 2.47. The Morgan fingerprint density at radius 2 is 2.11 bits per heavy atom. The van der Waals surface area contributed by atoms with Crippen LogP contribution >= 0.6 is 0 Å². The predicted molar refractivity (Wildman–Crippen MR) is 78.8 cm³/mol. The van der Waals surface area contributed by atoms with E-state index >= 15 is 0 Å². The van der Waals surface area contributed by atoms with E-state index in [9.17, 15) is 4.79 Å². The van der Waals surface area contributed by atoms with Crippen LogP contribution in [0.1, 0.15) is 72.6 Å². The average molecular weight is 266 g/mol. The first-order valence-corrected chi connectivity index (χ1v) is 8.09. The van der Waals surface area contributed by atoms with E-state index in [1.165, 1.54) is 19.3 Å². The number of nitrogens with one attached hydrogen (secondary N) is 1. The molecule has 0 aromatic rings. The maximum Gasteiger partial charge on any atom is 0.241 e. The van der Waals surface area contributed by atoms with Crippen LogP contribution in [0.5, 0.6) is 0 Å². The van der Waals surface area contributed by atoms with E-state index < -0.39 is 0 Å². The fourth-order valence-electron chi connectivity index (χ4n) is 3.84. The third kappa shape index (κ3) is 2.81. The van der Waals surface area contributed by atoms with Gasteiger partial charge in [-0.3, -0.25) is 10.1 Å². The van der Waals surface area contributed by atoms with E-state index in [2.05, 4.69) is 37.9 Å². The smallest absolute Gasteiger partial charge is 0.241 e. The van der Waals surface area contributed by atoms with Crippen molar-refractivity contribution in [3.05, 3.63) is 0 Å². The molecule has 0 radical (unpaired) electrons. The Hall–Kier alpha value is -0.570. The van der Waals surface area contributed by atoms with Crippen molar-refractivity contribution < 1.29 is 4.79 Å². The SMILES string of the molecule is CCCCC1NC(CC)N(C2CCCC2(C)C)C1=O. The summed E-state index contributed by atoms with van der Waals surface area (Å²) >= 11 is 0. The molecule has 3 nitrogen and oxygen atoms in total. The van der Waals surface area contributed by atoms with E-state index in [1.54, 1.807) is 0 Å². The fourth-order valence-corrected chi connectivity index (χ4v) is 3.84. The first-order valence-electron chi connectivity index (χ1n) is 8.09. The Kier molecular flexibility index (Phi) is 4.54. The zero-order valence-corrected chi connectivity index (χ0v) is 13.0. The monoisotopic (exact) mass is 266 g/mol. The minimum atomic E-state index is 0.0706. The van der Waals surface area contributed by atoms with Gasteiger partial charge in [-0.1, -0.05) is 47.0 Å². The fraction of sp³-hybridized carbons (Fsp3) is 0.938. The number of rotatable bonds is 5. The van der Waals surface area contributed by atoms with Gasteiger partial charge in [0, 0.05) is 6.04 Å². The van der Waals surface area contributed by atoms with Gasteiger partial charge in [-0.2, -0.15) is 0 Å². The number of nitrogens with zero attached hydrogens (tertiary/aromatic N) is 1. The van der Waals surface area contributed by atoms with Crippen LogP contribution in [0.15, 0.2) is 0 Å². The molecule has 1 N–H and O–H groups in total. The molecule has 2 aliphatic rings. The maximum atomic E-state index is 12.7. The van der Waals surface area contributed by atoms with Gasteiger partial charge >= 0.3 is 0 Å². The number of unbranched alkanes of at least 4 members (excludes halogenated alkanes) is 1. The van der Waals surface area contributed by atoms with Crippen LogP contribution in [0.4, 0.5) is 0 Å². The molecule has 1 saturated carbocycles. The lowest BCUT2D eigenvalue weighted by molar-refractivity contribution is -0.134. The van der Waals surface area contributed by atoms with Gasteiger partial charge in [-0.25, -0.2) is 0 Å². The van der Waals surface area contributed by atoms with Gasteiger partial charge in [0.25, 0.3) is 0 Å². The lowest BCUT2D eigenvalue weighted by Gasteiger charge is -2.38. The third-order valence-electron chi connectivity index (χ3n) is 5.05. The van der Waals surface area contributed by atoms with Crippen LogP contribution in [0.2, 0.25) is 0 Å². The van der Waals surface area contributed by atoms with Crippen LogP contribution in [-0.4, -0.2) is 29.1 Å². The number of amides is 1. The highest BCUT2D eigenvalue weighted by atomic mass is 16.2. The van der Waals surface area contributed by atoms with Gasteiger partial charge in [0.1, 0.15) is 0 Å². The quantitative estimate of drug-likeness (QED) is 0.828. The van der Waals surface area contributed by atoms with E-state index in [1.807, 2.05) is 0 Å². The maximum absolute atomic E-state index is 12.7. The molecule has 0 bridgehead atoms. The van der Waals surface area contributed by atoms with Crippen molar-refractivity contribution in [3.8, 4) is 0 Å². The van der Waals surface area contributed by atoms with E-state index in [-0.39, 0.29) is 17.6 Å². The van der Waals surface area contributed by atoms with Gasteiger partial charge in [0.05, 0.1) is 12.2 Å². The second-order valence-electron chi connectivity index (χ2n) is 6.93. The highest BCUT2D eigenvalue weighted by molar-refractivity contribution is 5.84. The number of carbonyl (C=O) groups excluding carboxylic acids is 1. The minimum absolute atomic E-state index is 0.0706. The first kappa shape index (κ1) is 14.8. The summed E-state index contributed by atoms with van der Waals surface area (Å²) in [7, 11) is 0. The zero-order valence-electron chi connectivity index (χ0n) is 13.0. The van der Waals surface area contributed by atoms with Crippen molar-refractivity contribution in [2.24, 2.45) is 5.41 Å². The molecule has 3 heteroatoms. The molecule has 0 spiro atoms. The van der Waals surface area contributed by atoms with Crippen molar-refractivity contribution in [2.45, 2.75) is 90.9 Å². The largest absolute Gasteiger partial charge is 0.322 e. The van der Waals surface area contributed by atoms with Crippen molar-refractivity contribution in [2.75, 3.05) is 0 Å². The average Bonchev–Trinajstić information content (AvgIpc) is 2.86. The van der Waals surface area contributed by atoms with Crippen LogP contribution in [0, 0.1) is 5.41 Å². The van der Waals surface area contributed by atoms with Crippen molar-refractivity contribution >= 4 is 5.91 Å². The molecular weight excluding hydrogens is 236 g/mol. The molecular formula is C16H30N2O. The number of hydrogen-bond donors (Lipinski definition) is 1. The standard InChI is InChI=1S/C16H30N2O/c1-5-7-9-12-15(19)18(14(6-2)17-12)13-10-8-11-16(13,3)4/h12-14,17H,5-11H2,1-4H3. The van der Waals surface area contributed by atoms with E-state index in [4.69, 9.17) is 0 Å². The first-order chi connectivity index (χ1) is 9.01. The molecule has 1 amide bonds. The number of hydrogen-bond acceptors (Lipinski definition) is 2. The summed E-state index contributed by atoms with van der Waals surface area (Å²) in [5, 5.41) is 3.57. The Morgan fingerprint density at radius 1 is 1.37 bits per heavy atom. The van der Waals surface area contributed by atoms with Crippen LogP contribution in [0.25, 0.3) is 0 Å². The third-order valence-corrected chi connectivity index (χ3v) is 5.05. The molecule has 110 valence electrons. The summed E-state index contributed by atoms with van der Waals surface area (Å²) in [5.74, 6) is 0.361. The molecule has 3 unspecified atom stereocenters. The molecule has 1 aliphatic carbocycles. The molecule has 0 aromatic heterocycles. The minimum Gasteiger partial charge on any atom is -0.322 e. The topological polar surface area (TPSA) is 32.3 Å².